The number of ether oxygens (including phenoxy) is 2. The lowest BCUT2D eigenvalue weighted by atomic mass is 10.0. The van der Waals surface area contributed by atoms with E-state index >= 15 is 0 Å². The van der Waals surface area contributed by atoms with Gasteiger partial charge in [0.25, 0.3) is 0 Å². The van der Waals surface area contributed by atoms with E-state index in [1.165, 1.54) is 17.0 Å². The summed E-state index contributed by atoms with van der Waals surface area (Å²) in [4.78, 5) is 39.0. The predicted octanol–water partition coefficient (Wildman–Crippen LogP) is 2.33. The summed E-state index contributed by atoms with van der Waals surface area (Å²) in [6.45, 7) is 4.37. The number of benzene rings is 2. The van der Waals surface area contributed by atoms with Crippen LogP contribution in [0.1, 0.15) is 37.8 Å². The van der Waals surface area contributed by atoms with Gasteiger partial charge in [0.05, 0.1) is 12.6 Å². The molecule has 3 atom stereocenters. The van der Waals surface area contributed by atoms with Gasteiger partial charge in [-0.05, 0) is 68.5 Å². The molecule has 3 rings (SSSR count). The van der Waals surface area contributed by atoms with Crippen LogP contribution in [-0.4, -0.2) is 54.0 Å². The number of hydrogen-bond acceptors (Lipinski definition) is 6. The predicted molar refractivity (Wildman–Crippen MR) is 128 cm³/mol. The Kier molecular flexibility index (Phi) is 9.19. The summed E-state index contributed by atoms with van der Waals surface area (Å²) >= 11 is 0. The van der Waals surface area contributed by atoms with Crippen LogP contribution in [0.15, 0.2) is 48.5 Å². The van der Waals surface area contributed by atoms with Gasteiger partial charge in [0.15, 0.2) is 6.10 Å². The van der Waals surface area contributed by atoms with Crippen molar-refractivity contribution >= 4 is 17.8 Å². The first-order chi connectivity index (χ1) is 16.8. The summed E-state index contributed by atoms with van der Waals surface area (Å²) in [5, 5.41) is 2.88. The molecule has 1 saturated heterocycles. The van der Waals surface area contributed by atoms with E-state index < -0.39 is 24.2 Å². The van der Waals surface area contributed by atoms with Crippen LogP contribution in [0.2, 0.25) is 0 Å². The van der Waals surface area contributed by atoms with Crippen LogP contribution in [0.5, 0.6) is 5.75 Å². The molecule has 2 aromatic carbocycles. The van der Waals surface area contributed by atoms with Crippen molar-refractivity contribution in [3.05, 3.63) is 65.5 Å². The first kappa shape index (κ1) is 26.2. The molecule has 2 amide bonds. The number of nitrogens with two attached hydrogens (primary N) is 1. The lowest BCUT2D eigenvalue weighted by Crippen LogP contribution is -2.51. The Morgan fingerprint density at radius 1 is 1.17 bits per heavy atom. The van der Waals surface area contributed by atoms with E-state index in [4.69, 9.17) is 15.2 Å². The Morgan fingerprint density at radius 2 is 1.91 bits per heavy atom. The SMILES string of the molecule is CCOC(=O)C(C)Oc1ccc(CNC(=O)[C@@H]2CCCN2C(=O)[C@@H](N)Cc2cccc(F)c2)cc1. The molecule has 2 aromatic rings. The largest absolute Gasteiger partial charge is 0.479 e. The highest BCUT2D eigenvalue weighted by Crippen LogP contribution is 2.20. The number of carbonyl (C=O) groups excluding carboxylic acids is 3. The molecule has 8 nitrogen and oxygen atoms in total. The lowest BCUT2D eigenvalue weighted by Gasteiger charge is -2.27. The fourth-order valence-corrected chi connectivity index (χ4v) is 4.03. The van der Waals surface area contributed by atoms with Crippen molar-refractivity contribution in [1.82, 2.24) is 10.2 Å². The maximum atomic E-state index is 13.4. The average Bonchev–Trinajstić information content (AvgIpc) is 3.33. The van der Waals surface area contributed by atoms with Crippen molar-refractivity contribution in [2.45, 2.75) is 57.8 Å². The van der Waals surface area contributed by atoms with Gasteiger partial charge >= 0.3 is 5.97 Å². The Hall–Kier alpha value is -3.46. The standard InChI is InChI=1S/C26H32FN3O5/c1-3-34-26(33)17(2)35-21-11-9-18(10-12-21)16-29-24(31)23-8-5-13-30(23)25(32)22(28)15-19-6-4-7-20(27)14-19/h4,6-7,9-12,14,17,22-23H,3,5,8,13,15-16,28H2,1-2H3,(H,29,31)/t17?,22-,23-/m0/s1. The first-order valence-corrected chi connectivity index (χ1v) is 11.8. The summed E-state index contributed by atoms with van der Waals surface area (Å²) in [6, 6.07) is 11.6. The van der Waals surface area contributed by atoms with Crippen LogP contribution in [0, 0.1) is 5.82 Å². The van der Waals surface area contributed by atoms with Gasteiger partial charge in [-0.1, -0.05) is 24.3 Å². The number of amides is 2. The molecule has 0 spiro atoms. The third-order valence-electron chi connectivity index (χ3n) is 5.82. The zero-order chi connectivity index (χ0) is 25.4. The highest BCUT2D eigenvalue weighted by atomic mass is 19.1. The van der Waals surface area contributed by atoms with Gasteiger partial charge in [0.1, 0.15) is 17.6 Å². The molecule has 1 heterocycles. The van der Waals surface area contributed by atoms with Crippen LogP contribution in [-0.2, 0) is 32.1 Å². The highest BCUT2D eigenvalue weighted by Gasteiger charge is 2.36. The molecule has 9 heteroatoms. The van der Waals surface area contributed by atoms with E-state index in [1.54, 1.807) is 50.2 Å². The molecule has 188 valence electrons. The van der Waals surface area contributed by atoms with Crippen molar-refractivity contribution in [2.24, 2.45) is 5.73 Å². The summed E-state index contributed by atoms with van der Waals surface area (Å²) in [5.74, 6) is -0.862. The lowest BCUT2D eigenvalue weighted by molar-refractivity contribution is -0.150. The van der Waals surface area contributed by atoms with Gasteiger partial charge in [0.2, 0.25) is 11.8 Å². The number of nitrogens with zero attached hydrogens (tertiary/aromatic N) is 1. The van der Waals surface area contributed by atoms with Crippen LogP contribution in [0.3, 0.4) is 0 Å². The van der Waals surface area contributed by atoms with Crippen molar-refractivity contribution in [1.29, 1.82) is 0 Å². The second-order valence-electron chi connectivity index (χ2n) is 8.50. The third-order valence-corrected chi connectivity index (χ3v) is 5.82. The maximum absolute atomic E-state index is 13.4. The quantitative estimate of drug-likeness (QED) is 0.500. The molecule has 1 unspecified atom stereocenters. The number of halogens is 1. The van der Waals surface area contributed by atoms with Crippen molar-refractivity contribution in [3.63, 3.8) is 0 Å². The van der Waals surface area contributed by atoms with Crippen LogP contribution in [0.4, 0.5) is 4.39 Å². The molecule has 0 aromatic heterocycles. The molecule has 0 saturated carbocycles. The van der Waals surface area contributed by atoms with E-state index in [0.717, 1.165) is 5.56 Å². The van der Waals surface area contributed by atoms with Crippen LogP contribution >= 0.6 is 0 Å². The second-order valence-corrected chi connectivity index (χ2v) is 8.50. The molecule has 1 aliphatic rings. The Balaban J connectivity index is 1.51. The summed E-state index contributed by atoms with van der Waals surface area (Å²) in [6.07, 6.45) is 0.743. The Morgan fingerprint density at radius 3 is 2.60 bits per heavy atom. The molecule has 1 aliphatic heterocycles. The van der Waals surface area contributed by atoms with Crippen LogP contribution in [0.25, 0.3) is 0 Å². The minimum atomic E-state index is -0.852. The summed E-state index contributed by atoms with van der Waals surface area (Å²) in [5.41, 5.74) is 7.58. The minimum Gasteiger partial charge on any atom is -0.479 e. The first-order valence-electron chi connectivity index (χ1n) is 11.8. The smallest absolute Gasteiger partial charge is 0.347 e. The van der Waals surface area contributed by atoms with Gasteiger partial charge in [-0.2, -0.15) is 0 Å². The Labute approximate surface area is 204 Å². The fourth-order valence-electron chi connectivity index (χ4n) is 4.03. The maximum Gasteiger partial charge on any atom is 0.347 e. The van der Waals surface area contributed by atoms with Crippen LogP contribution < -0.4 is 15.8 Å². The number of carbonyl (C=O) groups is 3. The zero-order valence-corrected chi connectivity index (χ0v) is 20.0. The molecule has 0 aliphatic carbocycles. The number of esters is 1. The molecule has 3 N–H and O–H groups in total. The minimum absolute atomic E-state index is 0.199. The number of rotatable bonds is 10. The molecule has 1 fully saturated rings. The monoisotopic (exact) mass is 485 g/mol. The van der Waals surface area contributed by atoms with E-state index in [9.17, 15) is 18.8 Å². The van der Waals surface area contributed by atoms with Gasteiger partial charge < -0.3 is 25.4 Å². The zero-order valence-electron chi connectivity index (χ0n) is 20.0. The molecular formula is C26H32FN3O5. The van der Waals surface area contributed by atoms with E-state index in [2.05, 4.69) is 5.32 Å². The summed E-state index contributed by atoms with van der Waals surface area (Å²) in [7, 11) is 0. The molecule has 0 radical (unpaired) electrons. The van der Waals surface area contributed by atoms with Gasteiger partial charge in [-0.15, -0.1) is 0 Å². The van der Waals surface area contributed by atoms with Crippen molar-refractivity contribution < 1.29 is 28.2 Å². The highest BCUT2D eigenvalue weighted by molar-refractivity contribution is 5.90. The average molecular weight is 486 g/mol. The van der Waals surface area contributed by atoms with Gasteiger partial charge in [0, 0.05) is 13.1 Å². The summed E-state index contributed by atoms with van der Waals surface area (Å²) < 4.78 is 23.9. The fraction of sp³-hybridized carbons (Fsp3) is 0.423. The molecule has 35 heavy (non-hydrogen) atoms. The topological polar surface area (TPSA) is 111 Å². The normalized spacial score (nSPS) is 16.9. The van der Waals surface area contributed by atoms with E-state index in [1.807, 2.05) is 0 Å². The van der Waals surface area contributed by atoms with Crippen molar-refractivity contribution in [2.75, 3.05) is 13.2 Å². The molecular weight excluding hydrogens is 453 g/mol. The number of nitrogens with one attached hydrogen (secondary N) is 1. The second kappa shape index (κ2) is 12.3. The van der Waals surface area contributed by atoms with Gasteiger partial charge in [-0.25, -0.2) is 9.18 Å². The number of likely N-dealkylation sites (tertiary alicyclic amines) is 1. The Bertz CT molecular complexity index is 1030. The van der Waals surface area contributed by atoms with E-state index in [-0.39, 0.29) is 37.2 Å². The molecule has 0 bridgehead atoms. The number of hydrogen-bond donors (Lipinski definition) is 2. The van der Waals surface area contributed by atoms with Gasteiger partial charge in [-0.3, -0.25) is 9.59 Å². The van der Waals surface area contributed by atoms with E-state index in [0.29, 0.717) is 30.7 Å². The van der Waals surface area contributed by atoms with Crippen molar-refractivity contribution in [3.8, 4) is 5.75 Å². The third kappa shape index (κ3) is 7.26.